The van der Waals surface area contributed by atoms with Gasteiger partial charge in [0.05, 0.1) is 5.41 Å². The van der Waals surface area contributed by atoms with Crippen LogP contribution < -0.4 is 5.73 Å². The predicted molar refractivity (Wildman–Crippen MR) is 106 cm³/mol. The molecule has 150 valence electrons. The van der Waals surface area contributed by atoms with E-state index in [-0.39, 0.29) is 17.8 Å². The molecule has 1 aromatic carbocycles. The third kappa shape index (κ3) is 3.04. The smallest absolute Gasteiger partial charge is 0.319 e. The van der Waals surface area contributed by atoms with Gasteiger partial charge in [0.15, 0.2) is 5.82 Å². The van der Waals surface area contributed by atoms with Gasteiger partial charge in [-0.2, -0.15) is 4.98 Å². The van der Waals surface area contributed by atoms with Crippen molar-refractivity contribution in [2.24, 2.45) is 5.92 Å². The number of hydrogen-bond donors (Lipinski definition) is 2. The summed E-state index contributed by atoms with van der Waals surface area (Å²) in [7, 11) is 0. The number of anilines is 1. The Hall–Kier alpha value is -3.29. The molecule has 0 spiro atoms. The molecule has 8 nitrogen and oxygen atoms in total. The first-order valence-corrected chi connectivity index (χ1v) is 9.54. The summed E-state index contributed by atoms with van der Waals surface area (Å²) in [5, 5.41) is 13.7. The largest absolute Gasteiger partial charge is 0.480 e. The standard InChI is InChI=1S/C21H23N5O3/c1-12(2)20(3,16-25-17(29-26-16)21(8-9-21)18(27)28)15-6-4-13(5-7-15)14-10-23-19(22)24-11-14/h4-7,10-12H,8-9H2,1-3H3,(H,27,28)(H2,22,23,24). The number of nitrogens with two attached hydrogens (primary N) is 1. The van der Waals surface area contributed by atoms with E-state index in [1.54, 1.807) is 12.4 Å². The molecule has 0 radical (unpaired) electrons. The molecule has 0 aliphatic heterocycles. The fraction of sp³-hybridized carbons (Fsp3) is 0.381. The normalized spacial score (nSPS) is 17.1. The summed E-state index contributed by atoms with van der Waals surface area (Å²) in [6.45, 7) is 6.22. The van der Waals surface area contributed by atoms with Crippen molar-refractivity contribution in [3.8, 4) is 11.1 Å². The van der Waals surface area contributed by atoms with Crippen molar-refractivity contribution in [3.63, 3.8) is 0 Å². The van der Waals surface area contributed by atoms with Crippen LogP contribution in [0.1, 0.15) is 50.9 Å². The molecule has 0 saturated heterocycles. The molecule has 4 rings (SSSR count). The Morgan fingerprint density at radius 1 is 1.17 bits per heavy atom. The lowest BCUT2D eigenvalue weighted by Gasteiger charge is -2.31. The second-order valence-electron chi connectivity index (χ2n) is 8.07. The first-order valence-electron chi connectivity index (χ1n) is 9.54. The van der Waals surface area contributed by atoms with Gasteiger partial charge in [0.1, 0.15) is 5.41 Å². The molecular weight excluding hydrogens is 370 g/mol. The Bertz CT molecular complexity index is 1040. The van der Waals surface area contributed by atoms with Crippen LogP contribution in [-0.2, 0) is 15.6 Å². The minimum atomic E-state index is -1.01. The molecule has 1 saturated carbocycles. The maximum atomic E-state index is 11.6. The van der Waals surface area contributed by atoms with Crippen LogP contribution in [0, 0.1) is 5.92 Å². The monoisotopic (exact) mass is 393 g/mol. The van der Waals surface area contributed by atoms with Crippen LogP contribution in [0.15, 0.2) is 41.2 Å². The summed E-state index contributed by atoms with van der Waals surface area (Å²) < 4.78 is 5.41. The summed E-state index contributed by atoms with van der Waals surface area (Å²) >= 11 is 0. The first-order chi connectivity index (χ1) is 13.8. The molecule has 0 bridgehead atoms. The van der Waals surface area contributed by atoms with E-state index in [9.17, 15) is 9.90 Å². The van der Waals surface area contributed by atoms with Gasteiger partial charge in [-0.15, -0.1) is 0 Å². The Balaban J connectivity index is 1.69. The number of rotatable bonds is 6. The second kappa shape index (κ2) is 6.65. The van der Waals surface area contributed by atoms with E-state index in [1.807, 2.05) is 31.2 Å². The summed E-state index contributed by atoms with van der Waals surface area (Å²) in [6.07, 6.45) is 4.43. The number of carboxylic acids is 1. The maximum Gasteiger partial charge on any atom is 0.319 e. The van der Waals surface area contributed by atoms with Crippen molar-refractivity contribution in [3.05, 3.63) is 53.9 Å². The van der Waals surface area contributed by atoms with Gasteiger partial charge >= 0.3 is 5.97 Å². The number of aliphatic carboxylic acids is 1. The minimum Gasteiger partial charge on any atom is -0.480 e. The third-order valence-electron chi connectivity index (χ3n) is 6.10. The number of nitrogens with zero attached hydrogens (tertiary/aromatic N) is 4. The number of nitrogen functional groups attached to an aromatic ring is 1. The fourth-order valence-electron chi connectivity index (χ4n) is 3.49. The third-order valence-corrected chi connectivity index (χ3v) is 6.10. The summed E-state index contributed by atoms with van der Waals surface area (Å²) in [6, 6.07) is 8.02. The molecule has 1 aliphatic carbocycles. The van der Waals surface area contributed by atoms with Crippen LogP contribution in [0.25, 0.3) is 11.1 Å². The lowest BCUT2D eigenvalue weighted by atomic mass is 9.72. The molecular formula is C21H23N5O3. The highest BCUT2D eigenvalue weighted by molar-refractivity contribution is 5.83. The highest BCUT2D eigenvalue weighted by Gasteiger charge is 2.57. The van der Waals surface area contributed by atoms with E-state index < -0.39 is 16.8 Å². The molecule has 8 heteroatoms. The predicted octanol–water partition coefficient (Wildman–Crippen LogP) is 3.19. The van der Waals surface area contributed by atoms with Gasteiger partial charge in [-0.05, 0) is 36.8 Å². The minimum absolute atomic E-state index is 0.152. The maximum absolute atomic E-state index is 11.6. The fourth-order valence-corrected chi connectivity index (χ4v) is 3.49. The van der Waals surface area contributed by atoms with Gasteiger partial charge in [-0.25, -0.2) is 9.97 Å². The van der Waals surface area contributed by atoms with Crippen LogP contribution in [0.4, 0.5) is 5.95 Å². The zero-order valence-corrected chi connectivity index (χ0v) is 16.6. The number of hydrogen-bond acceptors (Lipinski definition) is 7. The van der Waals surface area contributed by atoms with Gasteiger partial charge in [0, 0.05) is 18.0 Å². The number of carbonyl (C=O) groups is 1. The van der Waals surface area contributed by atoms with Crippen molar-refractivity contribution in [1.82, 2.24) is 20.1 Å². The Morgan fingerprint density at radius 2 is 1.79 bits per heavy atom. The quantitative estimate of drug-likeness (QED) is 0.653. The molecule has 1 aliphatic rings. The summed E-state index contributed by atoms with van der Waals surface area (Å²) in [5.41, 5.74) is 6.86. The van der Waals surface area contributed by atoms with E-state index >= 15 is 0 Å². The topological polar surface area (TPSA) is 128 Å². The van der Waals surface area contributed by atoms with E-state index in [2.05, 4.69) is 34.0 Å². The first kappa shape index (κ1) is 19.0. The number of benzene rings is 1. The van der Waals surface area contributed by atoms with Gasteiger partial charge in [0.25, 0.3) is 0 Å². The van der Waals surface area contributed by atoms with Gasteiger partial charge in [-0.3, -0.25) is 4.79 Å². The zero-order valence-electron chi connectivity index (χ0n) is 16.6. The highest BCUT2D eigenvalue weighted by atomic mass is 16.5. The Kier molecular flexibility index (Phi) is 4.37. The van der Waals surface area contributed by atoms with E-state index in [4.69, 9.17) is 10.3 Å². The number of carboxylic acid groups (broad SMARTS) is 1. The van der Waals surface area contributed by atoms with Gasteiger partial charge in [-0.1, -0.05) is 43.3 Å². The summed E-state index contributed by atoms with van der Waals surface area (Å²) in [5.74, 6) is 0.175. The molecule has 1 unspecified atom stereocenters. The van der Waals surface area contributed by atoms with Crippen molar-refractivity contribution >= 4 is 11.9 Å². The lowest BCUT2D eigenvalue weighted by Crippen LogP contribution is -2.32. The lowest BCUT2D eigenvalue weighted by molar-refractivity contribution is -0.140. The molecule has 2 aromatic heterocycles. The van der Waals surface area contributed by atoms with Gasteiger partial charge in [0.2, 0.25) is 11.8 Å². The molecule has 1 fully saturated rings. The second-order valence-corrected chi connectivity index (χ2v) is 8.07. The van der Waals surface area contributed by atoms with E-state index in [0.717, 1.165) is 16.7 Å². The Labute approximate surface area is 168 Å². The van der Waals surface area contributed by atoms with E-state index in [1.165, 1.54) is 0 Å². The van der Waals surface area contributed by atoms with Crippen molar-refractivity contribution < 1.29 is 14.4 Å². The molecule has 3 N–H and O–H groups in total. The molecule has 29 heavy (non-hydrogen) atoms. The van der Waals surface area contributed by atoms with Crippen LogP contribution in [0.5, 0.6) is 0 Å². The summed E-state index contributed by atoms with van der Waals surface area (Å²) in [4.78, 5) is 24.2. The Morgan fingerprint density at radius 3 is 2.31 bits per heavy atom. The van der Waals surface area contributed by atoms with Crippen molar-refractivity contribution in [2.75, 3.05) is 5.73 Å². The molecule has 1 atom stereocenters. The molecule has 3 aromatic rings. The zero-order chi connectivity index (χ0) is 20.8. The SMILES string of the molecule is CC(C)C(C)(c1ccc(-c2cnc(N)nc2)cc1)c1noc(C2(C(=O)O)CC2)n1. The van der Waals surface area contributed by atoms with Gasteiger partial charge < -0.3 is 15.4 Å². The van der Waals surface area contributed by atoms with E-state index in [0.29, 0.717) is 18.7 Å². The van der Waals surface area contributed by atoms with Crippen LogP contribution >= 0.6 is 0 Å². The van der Waals surface area contributed by atoms with Crippen LogP contribution in [0.2, 0.25) is 0 Å². The molecule has 0 amide bonds. The van der Waals surface area contributed by atoms with Crippen molar-refractivity contribution in [2.45, 2.75) is 44.4 Å². The van der Waals surface area contributed by atoms with Crippen molar-refractivity contribution in [1.29, 1.82) is 0 Å². The number of aromatic nitrogens is 4. The van der Waals surface area contributed by atoms with Crippen LogP contribution in [0.3, 0.4) is 0 Å². The van der Waals surface area contributed by atoms with Crippen LogP contribution in [-0.4, -0.2) is 31.2 Å². The highest BCUT2D eigenvalue weighted by Crippen LogP contribution is 2.48. The average Bonchev–Trinajstić information content (AvgIpc) is 3.38. The molecule has 2 heterocycles. The average molecular weight is 393 g/mol.